The molecule has 0 saturated heterocycles. The molecule has 0 aliphatic carbocycles. The molecule has 0 bridgehead atoms. The second-order valence-electron chi connectivity index (χ2n) is 6.28. The largest absolute Gasteiger partial charge is 0.494 e. The minimum Gasteiger partial charge on any atom is -0.494 e. The molecule has 0 saturated carbocycles. The Morgan fingerprint density at radius 3 is 2.31 bits per heavy atom. The minimum absolute atomic E-state index is 0.550. The normalized spacial score (nSPS) is 11.0. The summed E-state index contributed by atoms with van der Waals surface area (Å²) in [6.45, 7) is 3.55. The molecule has 0 atom stereocenters. The maximum absolute atomic E-state index is 5.70. The first kappa shape index (κ1) is 22.2. The van der Waals surface area contributed by atoms with E-state index in [4.69, 9.17) is 18.9 Å². The molecule has 0 spiro atoms. The number of hydrogen-bond acceptors (Lipinski definition) is 5. The van der Waals surface area contributed by atoms with E-state index in [1.165, 1.54) is 5.56 Å². The lowest BCUT2D eigenvalue weighted by Gasteiger charge is -2.16. The minimum atomic E-state index is 0.550. The van der Waals surface area contributed by atoms with Gasteiger partial charge in [-0.15, -0.1) is 0 Å². The van der Waals surface area contributed by atoms with Crippen molar-refractivity contribution in [3.63, 3.8) is 0 Å². The molecule has 2 N–H and O–H groups in total. The Balaban J connectivity index is 1.98. The number of nitrogens with zero attached hydrogens (tertiary/aromatic N) is 1. The van der Waals surface area contributed by atoms with Crippen molar-refractivity contribution < 1.29 is 18.9 Å². The molecule has 2 aromatic rings. The van der Waals surface area contributed by atoms with Crippen molar-refractivity contribution in [3.05, 3.63) is 42.0 Å². The molecule has 29 heavy (non-hydrogen) atoms. The molecule has 0 aromatic heterocycles. The van der Waals surface area contributed by atoms with Crippen LogP contribution in [0.4, 0.5) is 5.69 Å². The molecule has 0 radical (unpaired) electrons. The van der Waals surface area contributed by atoms with E-state index >= 15 is 0 Å². The van der Waals surface area contributed by atoms with E-state index in [0.717, 1.165) is 37.4 Å². The molecule has 0 aliphatic heterocycles. The van der Waals surface area contributed by atoms with E-state index in [2.05, 4.69) is 34.7 Å². The van der Waals surface area contributed by atoms with Crippen LogP contribution in [-0.2, 0) is 6.42 Å². The van der Waals surface area contributed by atoms with Gasteiger partial charge in [-0.2, -0.15) is 0 Å². The SMILES string of the molecule is CCCOc1cccc(CCNC(=NC)Nc2cc(OC)c(OC)c(OC)c2)c1. The first-order chi connectivity index (χ1) is 14.1. The summed E-state index contributed by atoms with van der Waals surface area (Å²) in [5.41, 5.74) is 1.98. The van der Waals surface area contributed by atoms with Crippen LogP contribution in [0.3, 0.4) is 0 Å². The summed E-state index contributed by atoms with van der Waals surface area (Å²) >= 11 is 0. The molecule has 2 aromatic carbocycles. The van der Waals surface area contributed by atoms with Gasteiger partial charge in [-0.3, -0.25) is 4.99 Å². The number of rotatable bonds is 10. The van der Waals surface area contributed by atoms with Crippen LogP contribution in [0.15, 0.2) is 41.4 Å². The first-order valence-electron chi connectivity index (χ1n) is 9.64. The van der Waals surface area contributed by atoms with Gasteiger partial charge in [0, 0.05) is 31.4 Å². The number of benzene rings is 2. The van der Waals surface area contributed by atoms with Gasteiger partial charge in [0.25, 0.3) is 0 Å². The maximum atomic E-state index is 5.70. The Morgan fingerprint density at radius 1 is 1.00 bits per heavy atom. The van der Waals surface area contributed by atoms with Gasteiger partial charge in [-0.05, 0) is 30.5 Å². The van der Waals surface area contributed by atoms with E-state index in [9.17, 15) is 0 Å². The molecule has 2 rings (SSSR count). The molecule has 158 valence electrons. The topological polar surface area (TPSA) is 73.3 Å². The van der Waals surface area contributed by atoms with Crippen molar-refractivity contribution in [1.82, 2.24) is 5.32 Å². The van der Waals surface area contributed by atoms with Gasteiger partial charge in [-0.25, -0.2) is 0 Å². The number of aliphatic imine (C=N–C) groups is 1. The Hall–Kier alpha value is -3.09. The third-order valence-corrected chi connectivity index (χ3v) is 4.23. The van der Waals surface area contributed by atoms with Crippen molar-refractivity contribution >= 4 is 11.6 Å². The Bertz CT molecular complexity index is 783. The Kier molecular flexibility index (Phi) is 8.95. The lowest BCUT2D eigenvalue weighted by Crippen LogP contribution is -2.32. The molecule has 0 aliphatic rings. The molecule has 0 amide bonds. The van der Waals surface area contributed by atoms with Crippen LogP contribution >= 0.6 is 0 Å². The van der Waals surface area contributed by atoms with Crippen LogP contribution in [0, 0.1) is 0 Å². The van der Waals surface area contributed by atoms with Gasteiger partial charge in [0.15, 0.2) is 17.5 Å². The van der Waals surface area contributed by atoms with Gasteiger partial charge in [0.1, 0.15) is 5.75 Å². The second kappa shape index (κ2) is 11.7. The van der Waals surface area contributed by atoms with Gasteiger partial charge >= 0.3 is 0 Å². The molecule has 0 fully saturated rings. The van der Waals surface area contributed by atoms with Crippen molar-refractivity contribution in [2.45, 2.75) is 19.8 Å². The Morgan fingerprint density at radius 2 is 1.72 bits per heavy atom. The number of guanidine groups is 1. The quantitative estimate of drug-likeness (QED) is 0.467. The molecule has 7 nitrogen and oxygen atoms in total. The fourth-order valence-electron chi connectivity index (χ4n) is 2.81. The van der Waals surface area contributed by atoms with E-state index in [-0.39, 0.29) is 0 Å². The predicted octanol–water partition coefficient (Wildman–Crippen LogP) is 3.73. The van der Waals surface area contributed by atoms with Crippen molar-refractivity contribution in [1.29, 1.82) is 0 Å². The predicted molar refractivity (Wildman–Crippen MR) is 117 cm³/mol. The number of ether oxygens (including phenoxy) is 4. The average molecular weight is 402 g/mol. The van der Waals surface area contributed by atoms with E-state index in [1.807, 2.05) is 24.3 Å². The Labute approximate surface area is 173 Å². The fraction of sp³-hybridized carbons (Fsp3) is 0.409. The van der Waals surface area contributed by atoms with Crippen molar-refractivity contribution in [2.75, 3.05) is 46.8 Å². The lowest BCUT2D eigenvalue weighted by atomic mass is 10.1. The average Bonchev–Trinajstić information content (AvgIpc) is 2.76. The number of methoxy groups -OCH3 is 3. The zero-order chi connectivity index (χ0) is 21.1. The number of nitrogens with one attached hydrogen (secondary N) is 2. The molecule has 0 heterocycles. The van der Waals surface area contributed by atoms with Crippen LogP contribution in [0.25, 0.3) is 0 Å². The van der Waals surface area contributed by atoms with Gasteiger partial charge in [-0.1, -0.05) is 19.1 Å². The summed E-state index contributed by atoms with van der Waals surface area (Å²) in [6.07, 6.45) is 1.84. The van der Waals surface area contributed by atoms with Gasteiger partial charge < -0.3 is 29.6 Å². The number of anilines is 1. The highest BCUT2D eigenvalue weighted by atomic mass is 16.5. The second-order valence-corrected chi connectivity index (χ2v) is 6.28. The third kappa shape index (κ3) is 6.48. The monoisotopic (exact) mass is 401 g/mol. The summed E-state index contributed by atoms with van der Waals surface area (Å²) in [6, 6.07) is 11.8. The fourth-order valence-corrected chi connectivity index (χ4v) is 2.81. The zero-order valence-corrected chi connectivity index (χ0v) is 17.9. The van der Waals surface area contributed by atoms with Crippen LogP contribution < -0.4 is 29.6 Å². The van der Waals surface area contributed by atoms with E-state index in [0.29, 0.717) is 23.2 Å². The summed E-state index contributed by atoms with van der Waals surface area (Å²) in [4.78, 5) is 4.28. The summed E-state index contributed by atoms with van der Waals surface area (Å²) in [5.74, 6) is 3.26. The molecule has 7 heteroatoms. The van der Waals surface area contributed by atoms with Gasteiger partial charge in [0.2, 0.25) is 5.75 Å². The number of hydrogen-bond donors (Lipinski definition) is 2. The highest BCUT2D eigenvalue weighted by molar-refractivity contribution is 5.94. The van der Waals surface area contributed by atoms with Crippen molar-refractivity contribution in [2.24, 2.45) is 4.99 Å². The van der Waals surface area contributed by atoms with Crippen LogP contribution in [0.2, 0.25) is 0 Å². The van der Waals surface area contributed by atoms with Crippen LogP contribution in [0.1, 0.15) is 18.9 Å². The van der Waals surface area contributed by atoms with Crippen molar-refractivity contribution in [3.8, 4) is 23.0 Å². The first-order valence-corrected chi connectivity index (χ1v) is 9.64. The highest BCUT2D eigenvalue weighted by Crippen LogP contribution is 2.39. The summed E-state index contributed by atoms with van der Waals surface area (Å²) in [5, 5.41) is 6.57. The van der Waals surface area contributed by atoms with Crippen LogP contribution in [0.5, 0.6) is 23.0 Å². The van der Waals surface area contributed by atoms with E-state index in [1.54, 1.807) is 28.4 Å². The molecule has 0 unspecified atom stereocenters. The van der Waals surface area contributed by atoms with Crippen LogP contribution in [-0.4, -0.2) is 47.5 Å². The molecular formula is C22H31N3O4. The summed E-state index contributed by atoms with van der Waals surface area (Å²) < 4.78 is 21.8. The molecular weight excluding hydrogens is 370 g/mol. The maximum Gasteiger partial charge on any atom is 0.203 e. The highest BCUT2D eigenvalue weighted by Gasteiger charge is 2.14. The standard InChI is InChI=1S/C22H31N3O4/c1-6-12-29-18-9-7-8-16(13-18)10-11-24-22(23-2)25-17-14-19(26-3)21(28-5)20(15-17)27-4/h7-9,13-15H,6,10-12H2,1-5H3,(H2,23,24,25). The lowest BCUT2D eigenvalue weighted by molar-refractivity contribution is 0.317. The zero-order valence-electron chi connectivity index (χ0n) is 17.9. The smallest absolute Gasteiger partial charge is 0.203 e. The summed E-state index contributed by atoms with van der Waals surface area (Å²) in [7, 11) is 6.49. The van der Waals surface area contributed by atoms with E-state index < -0.39 is 0 Å². The third-order valence-electron chi connectivity index (χ3n) is 4.23. The van der Waals surface area contributed by atoms with Gasteiger partial charge in [0.05, 0.1) is 27.9 Å².